The first-order valence-electron chi connectivity index (χ1n) is 8.77. The predicted molar refractivity (Wildman–Crippen MR) is 101 cm³/mol. The summed E-state index contributed by atoms with van der Waals surface area (Å²) >= 11 is 0. The van der Waals surface area contributed by atoms with Crippen molar-refractivity contribution in [3.63, 3.8) is 0 Å². The first-order valence-corrected chi connectivity index (χ1v) is 8.77. The Morgan fingerprint density at radius 2 is 1.93 bits per heavy atom. The fourth-order valence-corrected chi connectivity index (χ4v) is 3.25. The summed E-state index contributed by atoms with van der Waals surface area (Å²) in [6, 6.07) is 9.10. The van der Waals surface area contributed by atoms with Gasteiger partial charge in [0.1, 0.15) is 17.8 Å². The van der Waals surface area contributed by atoms with Crippen molar-refractivity contribution < 1.29 is 14.3 Å². The summed E-state index contributed by atoms with van der Waals surface area (Å²) in [4.78, 5) is 26.5. The van der Waals surface area contributed by atoms with Crippen LogP contribution in [0.3, 0.4) is 0 Å². The van der Waals surface area contributed by atoms with Gasteiger partial charge in [0.2, 0.25) is 0 Å². The Balaban J connectivity index is 1.65. The van der Waals surface area contributed by atoms with E-state index >= 15 is 0 Å². The third-order valence-corrected chi connectivity index (χ3v) is 5.05. The number of aryl methyl sites for hydroxylation is 2. The second kappa shape index (κ2) is 6.19. The molecule has 0 saturated carbocycles. The van der Waals surface area contributed by atoms with Crippen LogP contribution in [0.15, 0.2) is 30.3 Å². The Morgan fingerprint density at radius 3 is 2.70 bits per heavy atom. The Morgan fingerprint density at radius 1 is 1.19 bits per heavy atom. The van der Waals surface area contributed by atoms with Crippen molar-refractivity contribution in [1.29, 1.82) is 0 Å². The van der Waals surface area contributed by atoms with Crippen molar-refractivity contribution in [2.45, 2.75) is 33.4 Å². The molecule has 2 aromatic carbocycles. The summed E-state index contributed by atoms with van der Waals surface area (Å²) in [5.41, 5.74) is 4.95. The van der Waals surface area contributed by atoms with E-state index in [1.165, 1.54) is 4.90 Å². The molecule has 4 rings (SSSR count). The quantitative estimate of drug-likeness (QED) is 0.668. The van der Waals surface area contributed by atoms with Gasteiger partial charge in [0, 0.05) is 12.6 Å². The topological polar surface area (TPSA) is 77.3 Å². The fraction of sp³-hybridized carbons (Fsp3) is 0.300. The number of carbonyl (C=O) groups is 2. The molecular formula is C20H20N4O3. The minimum Gasteiger partial charge on any atom is -0.479 e. The smallest absolute Gasteiger partial charge is 0.267 e. The highest BCUT2D eigenvalue weighted by molar-refractivity contribution is 6.02. The molecule has 0 aliphatic carbocycles. The number of amides is 1. The van der Waals surface area contributed by atoms with E-state index in [2.05, 4.69) is 10.3 Å². The van der Waals surface area contributed by atoms with Gasteiger partial charge in [-0.25, -0.2) is 4.68 Å². The lowest BCUT2D eigenvalue weighted by Crippen LogP contribution is -2.42. The third-order valence-electron chi connectivity index (χ3n) is 5.05. The van der Waals surface area contributed by atoms with Crippen LogP contribution in [0, 0.1) is 13.8 Å². The number of carbonyl (C=O) groups excluding carboxylic acids is 2. The van der Waals surface area contributed by atoms with E-state index in [4.69, 9.17) is 4.74 Å². The number of ketones is 1. The molecule has 7 nitrogen and oxygen atoms in total. The van der Waals surface area contributed by atoms with E-state index in [9.17, 15) is 9.59 Å². The van der Waals surface area contributed by atoms with E-state index in [1.807, 2.05) is 26.0 Å². The summed E-state index contributed by atoms with van der Waals surface area (Å²) < 4.78 is 7.22. The van der Waals surface area contributed by atoms with Gasteiger partial charge >= 0.3 is 0 Å². The number of anilines is 1. The standard InChI is InChI=1S/C20H20N4O3/c1-11-7-15-16(8-12(11)2)24(22-21-15)10-18(25)14-5-6-19-17(9-14)23(4)20(26)13(3)27-19/h5-9,13H,10H2,1-4H3. The number of nitrogens with zero attached hydrogens (tertiary/aromatic N) is 4. The zero-order valence-electron chi connectivity index (χ0n) is 15.7. The maximum atomic E-state index is 12.8. The minimum atomic E-state index is -0.530. The van der Waals surface area contributed by atoms with Gasteiger partial charge in [0.05, 0.1) is 11.2 Å². The second-order valence-electron chi connectivity index (χ2n) is 6.94. The molecule has 0 fully saturated rings. The molecule has 2 heterocycles. The van der Waals surface area contributed by atoms with Gasteiger partial charge < -0.3 is 9.64 Å². The zero-order chi connectivity index (χ0) is 19.3. The number of hydrogen-bond acceptors (Lipinski definition) is 5. The van der Waals surface area contributed by atoms with E-state index < -0.39 is 6.10 Å². The zero-order valence-corrected chi connectivity index (χ0v) is 15.7. The highest BCUT2D eigenvalue weighted by Crippen LogP contribution is 2.34. The van der Waals surface area contributed by atoms with Crippen molar-refractivity contribution in [1.82, 2.24) is 15.0 Å². The molecule has 138 valence electrons. The predicted octanol–water partition coefficient (Wildman–Crippen LogP) is 2.67. The summed E-state index contributed by atoms with van der Waals surface area (Å²) in [6.45, 7) is 5.82. The van der Waals surface area contributed by atoms with Crippen LogP contribution in [-0.4, -0.2) is 39.8 Å². The lowest BCUT2D eigenvalue weighted by Gasteiger charge is -2.30. The summed E-state index contributed by atoms with van der Waals surface area (Å²) in [6.07, 6.45) is -0.530. The molecule has 1 atom stereocenters. The molecule has 1 aromatic heterocycles. The summed E-state index contributed by atoms with van der Waals surface area (Å²) in [7, 11) is 1.69. The van der Waals surface area contributed by atoms with Crippen LogP contribution in [0.25, 0.3) is 11.0 Å². The number of Topliss-reactive ketones (excluding diaryl/α,β-unsaturated/α-hetero) is 1. The number of aromatic nitrogens is 3. The second-order valence-corrected chi connectivity index (χ2v) is 6.94. The molecule has 1 aliphatic rings. The molecule has 0 bridgehead atoms. The highest BCUT2D eigenvalue weighted by atomic mass is 16.5. The molecule has 0 spiro atoms. The average molecular weight is 364 g/mol. The normalized spacial score (nSPS) is 16.4. The number of rotatable bonds is 3. The largest absolute Gasteiger partial charge is 0.479 e. The fourth-order valence-electron chi connectivity index (χ4n) is 3.25. The third kappa shape index (κ3) is 2.85. The van der Waals surface area contributed by atoms with Gasteiger partial charge in [0.15, 0.2) is 11.9 Å². The van der Waals surface area contributed by atoms with Gasteiger partial charge in [-0.2, -0.15) is 0 Å². The molecule has 1 aliphatic heterocycles. The molecule has 1 amide bonds. The number of benzene rings is 2. The van der Waals surface area contributed by atoms with E-state index in [0.717, 1.165) is 22.2 Å². The first-order chi connectivity index (χ1) is 12.8. The van der Waals surface area contributed by atoms with Gasteiger partial charge in [-0.15, -0.1) is 5.10 Å². The van der Waals surface area contributed by atoms with Crippen LogP contribution < -0.4 is 9.64 Å². The van der Waals surface area contributed by atoms with Crippen molar-refractivity contribution in [3.05, 3.63) is 47.0 Å². The maximum absolute atomic E-state index is 12.8. The molecule has 7 heteroatoms. The lowest BCUT2D eigenvalue weighted by molar-refractivity contribution is -0.125. The molecule has 1 unspecified atom stereocenters. The van der Waals surface area contributed by atoms with Crippen molar-refractivity contribution in [2.24, 2.45) is 0 Å². The number of ether oxygens (including phenoxy) is 1. The number of fused-ring (bicyclic) bond motifs is 2. The van der Waals surface area contributed by atoms with Crippen LogP contribution in [0.1, 0.15) is 28.4 Å². The van der Waals surface area contributed by atoms with Gasteiger partial charge in [0.25, 0.3) is 5.91 Å². The number of hydrogen-bond donors (Lipinski definition) is 0. The maximum Gasteiger partial charge on any atom is 0.267 e. The van der Waals surface area contributed by atoms with Crippen LogP contribution >= 0.6 is 0 Å². The molecule has 0 N–H and O–H groups in total. The van der Waals surface area contributed by atoms with Crippen LogP contribution in [0.4, 0.5) is 5.69 Å². The molecular weight excluding hydrogens is 344 g/mol. The van der Waals surface area contributed by atoms with Crippen molar-refractivity contribution in [3.8, 4) is 5.75 Å². The van der Waals surface area contributed by atoms with Gasteiger partial charge in [-0.3, -0.25) is 9.59 Å². The van der Waals surface area contributed by atoms with Crippen LogP contribution in [0.5, 0.6) is 5.75 Å². The molecule has 27 heavy (non-hydrogen) atoms. The Bertz CT molecular complexity index is 1090. The number of likely N-dealkylation sites (N-methyl/N-ethyl adjacent to an activating group) is 1. The Labute approximate surface area is 156 Å². The van der Waals surface area contributed by atoms with Crippen molar-refractivity contribution >= 4 is 28.4 Å². The summed E-state index contributed by atoms with van der Waals surface area (Å²) in [5.74, 6) is 0.348. The lowest BCUT2D eigenvalue weighted by atomic mass is 10.1. The van der Waals surface area contributed by atoms with E-state index in [-0.39, 0.29) is 18.2 Å². The monoisotopic (exact) mass is 364 g/mol. The van der Waals surface area contributed by atoms with Gasteiger partial charge in [-0.1, -0.05) is 5.21 Å². The van der Waals surface area contributed by atoms with Gasteiger partial charge in [-0.05, 0) is 62.2 Å². The first kappa shape index (κ1) is 17.2. The average Bonchev–Trinajstić information content (AvgIpc) is 3.01. The van der Waals surface area contributed by atoms with Crippen molar-refractivity contribution in [2.75, 3.05) is 11.9 Å². The minimum absolute atomic E-state index is 0.0761. The molecule has 0 saturated heterocycles. The molecule has 3 aromatic rings. The highest BCUT2D eigenvalue weighted by Gasteiger charge is 2.29. The van der Waals surface area contributed by atoms with E-state index in [0.29, 0.717) is 17.0 Å². The Hall–Kier alpha value is -3.22. The SMILES string of the molecule is Cc1cc2nnn(CC(=O)c3ccc4c(c3)N(C)C(=O)C(C)O4)c2cc1C. The molecule has 0 radical (unpaired) electrons. The van der Waals surface area contributed by atoms with Crippen LogP contribution in [-0.2, 0) is 11.3 Å². The summed E-state index contributed by atoms with van der Waals surface area (Å²) in [5, 5.41) is 8.28. The Kier molecular flexibility index (Phi) is 3.95. The van der Waals surface area contributed by atoms with Crippen LogP contribution in [0.2, 0.25) is 0 Å². The van der Waals surface area contributed by atoms with E-state index in [1.54, 1.807) is 36.9 Å².